The molecule has 1 fully saturated rings. The van der Waals surface area contributed by atoms with Crippen LogP contribution in [0.1, 0.15) is 26.7 Å². The van der Waals surface area contributed by atoms with Gasteiger partial charge in [-0.05, 0) is 30.5 Å². The average molecular weight is 383 g/mol. The second-order valence-corrected chi connectivity index (χ2v) is 8.50. The zero-order chi connectivity index (χ0) is 19.5. The molecule has 8 nitrogen and oxygen atoms in total. The highest BCUT2D eigenvalue weighted by Crippen LogP contribution is 2.30. The Morgan fingerprint density at radius 3 is 2.58 bits per heavy atom. The molecule has 1 heterocycles. The van der Waals surface area contributed by atoms with Crippen molar-refractivity contribution >= 4 is 33.2 Å². The number of amides is 2. The van der Waals surface area contributed by atoms with Crippen molar-refractivity contribution in [3.8, 4) is 5.75 Å². The van der Waals surface area contributed by atoms with Crippen LogP contribution < -0.4 is 14.8 Å². The SMILES string of the molecule is COc1ccc(N[C@H]2CC(=O)N(CCC(C)C)C2=O)cc1NS(C)(=O)=O. The number of ether oxygens (including phenoxy) is 1. The van der Waals surface area contributed by atoms with Gasteiger partial charge in [-0.1, -0.05) is 13.8 Å². The van der Waals surface area contributed by atoms with Crippen molar-refractivity contribution in [2.75, 3.05) is 29.9 Å². The van der Waals surface area contributed by atoms with Gasteiger partial charge in [-0.3, -0.25) is 19.2 Å². The first-order chi connectivity index (χ1) is 12.1. The van der Waals surface area contributed by atoms with Crippen molar-refractivity contribution in [1.82, 2.24) is 4.90 Å². The van der Waals surface area contributed by atoms with Gasteiger partial charge < -0.3 is 10.1 Å². The zero-order valence-electron chi connectivity index (χ0n) is 15.4. The van der Waals surface area contributed by atoms with E-state index in [-0.39, 0.29) is 23.9 Å². The molecule has 1 atom stereocenters. The Balaban J connectivity index is 2.14. The Bertz CT molecular complexity index is 792. The monoisotopic (exact) mass is 383 g/mol. The van der Waals surface area contributed by atoms with E-state index in [9.17, 15) is 18.0 Å². The van der Waals surface area contributed by atoms with Gasteiger partial charge in [0, 0.05) is 12.2 Å². The van der Waals surface area contributed by atoms with Gasteiger partial charge in [-0.2, -0.15) is 0 Å². The molecule has 0 unspecified atom stereocenters. The molecular formula is C17H25N3O5S. The van der Waals surface area contributed by atoms with Crippen molar-refractivity contribution in [3.05, 3.63) is 18.2 Å². The van der Waals surface area contributed by atoms with Gasteiger partial charge in [-0.15, -0.1) is 0 Å². The minimum absolute atomic E-state index is 0.0811. The maximum atomic E-state index is 12.5. The van der Waals surface area contributed by atoms with E-state index in [0.29, 0.717) is 23.9 Å². The highest BCUT2D eigenvalue weighted by Gasteiger charge is 2.38. The van der Waals surface area contributed by atoms with Crippen molar-refractivity contribution in [1.29, 1.82) is 0 Å². The van der Waals surface area contributed by atoms with E-state index in [1.807, 2.05) is 13.8 Å². The number of nitrogens with one attached hydrogen (secondary N) is 2. The molecule has 2 amide bonds. The minimum atomic E-state index is -3.48. The molecule has 1 aromatic rings. The summed E-state index contributed by atoms with van der Waals surface area (Å²) in [5.41, 5.74) is 0.780. The molecule has 2 N–H and O–H groups in total. The second-order valence-electron chi connectivity index (χ2n) is 6.76. The van der Waals surface area contributed by atoms with Crippen LogP contribution in [-0.4, -0.2) is 51.1 Å². The standard InChI is InChI=1S/C17H25N3O5S/c1-11(2)7-8-20-16(21)10-14(17(20)22)18-12-5-6-15(25-3)13(9-12)19-26(4,23)24/h5-6,9,11,14,18-19H,7-8,10H2,1-4H3/t14-/m0/s1. The zero-order valence-corrected chi connectivity index (χ0v) is 16.2. The van der Waals surface area contributed by atoms with Crippen molar-refractivity contribution in [2.24, 2.45) is 5.92 Å². The number of carbonyl (C=O) groups is 2. The van der Waals surface area contributed by atoms with E-state index in [1.54, 1.807) is 12.1 Å². The number of nitrogens with zero attached hydrogens (tertiary/aromatic N) is 1. The molecule has 1 aromatic carbocycles. The van der Waals surface area contributed by atoms with Crippen molar-refractivity contribution in [3.63, 3.8) is 0 Å². The summed E-state index contributed by atoms with van der Waals surface area (Å²) in [6.45, 7) is 4.49. The third-order valence-electron chi connectivity index (χ3n) is 4.01. The van der Waals surface area contributed by atoms with E-state index >= 15 is 0 Å². The maximum Gasteiger partial charge on any atom is 0.252 e. The summed E-state index contributed by atoms with van der Waals surface area (Å²) in [7, 11) is -2.05. The van der Waals surface area contributed by atoms with E-state index in [4.69, 9.17) is 4.74 Å². The smallest absolute Gasteiger partial charge is 0.252 e. The van der Waals surface area contributed by atoms with Crippen molar-refractivity contribution in [2.45, 2.75) is 32.7 Å². The molecule has 0 saturated carbocycles. The lowest BCUT2D eigenvalue weighted by Crippen LogP contribution is -2.35. The van der Waals surface area contributed by atoms with Crippen LogP contribution in [0.15, 0.2) is 18.2 Å². The van der Waals surface area contributed by atoms with Gasteiger partial charge in [0.1, 0.15) is 11.8 Å². The third kappa shape index (κ3) is 5.10. The second kappa shape index (κ2) is 7.94. The summed E-state index contributed by atoms with van der Waals surface area (Å²) in [5, 5.41) is 3.01. The van der Waals surface area contributed by atoms with E-state index < -0.39 is 16.1 Å². The molecule has 0 aliphatic carbocycles. The summed E-state index contributed by atoms with van der Waals surface area (Å²) < 4.78 is 30.5. The average Bonchev–Trinajstić information content (AvgIpc) is 2.78. The predicted molar refractivity (Wildman–Crippen MR) is 99.7 cm³/mol. The van der Waals surface area contributed by atoms with E-state index in [1.165, 1.54) is 18.1 Å². The summed E-state index contributed by atoms with van der Waals surface area (Å²) in [6.07, 6.45) is 1.88. The largest absolute Gasteiger partial charge is 0.495 e. The molecule has 1 aliphatic heterocycles. The summed E-state index contributed by atoms with van der Waals surface area (Å²) in [6, 6.07) is 4.14. The number of imide groups is 1. The molecule has 0 radical (unpaired) electrons. The quantitative estimate of drug-likeness (QED) is 0.662. The van der Waals surface area contributed by atoms with Gasteiger partial charge in [-0.25, -0.2) is 8.42 Å². The first-order valence-electron chi connectivity index (χ1n) is 8.37. The topological polar surface area (TPSA) is 105 Å². The minimum Gasteiger partial charge on any atom is -0.495 e. The third-order valence-corrected chi connectivity index (χ3v) is 4.60. The van der Waals surface area contributed by atoms with Gasteiger partial charge in [0.15, 0.2) is 0 Å². The molecular weight excluding hydrogens is 358 g/mol. The first kappa shape index (κ1) is 20.0. The van der Waals surface area contributed by atoms with Crippen LogP contribution >= 0.6 is 0 Å². The Kier molecular flexibility index (Phi) is 6.12. The normalized spacial score (nSPS) is 17.7. The van der Waals surface area contributed by atoms with Crippen LogP contribution in [0.25, 0.3) is 0 Å². The highest BCUT2D eigenvalue weighted by atomic mass is 32.2. The summed E-state index contributed by atoms with van der Waals surface area (Å²) in [4.78, 5) is 25.9. The van der Waals surface area contributed by atoms with Gasteiger partial charge >= 0.3 is 0 Å². The summed E-state index contributed by atoms with van der Waals surface area (Å²) >= 11 is 0. The van der Waals surface area contributed by atoms with Crippen LogP contribution in [0.4, 0.5) is 11.4 Å². The van der Waals surface area contributed by atoms with Crippen LogP contribution in [-0.2, 0) is 19.6 Å². The van der Waals surface area contributed by atoms with Crippen LogP contribution in [0, 0.1) is 5.92 Å². The number of anilines is 2. The number of likely N-dealkylation sites (tertiary alicyclic amines) is 1. The lowest BCUT2D eigenvalue weighted by atomic mass is 10.1. The van der Waals surface area contributed by atoms with Gasteiger partial charge in [0.2, 0.25) is 15.9 Å². The maximum absolute atomic E-state index is 12.5. The van der Waals surface area contributed by atoms with Crippen molar-refractivity contribution < 1.29 is 22.7 Å². The molecule has 2 rings (SSSR count). The molecule has 9 heteroatoms. The number of rotatable bonds is 8. The molecule has 144 valence electrons. The number of hydrogen-bond acceptors (Lipinski definition) is 6. The first-order valence-corrected chi connectivity index (χ1v) is 10.3. The number of methoxy groups -OCH3 is 1. The van der Waals surface area contributed by atoms with Gasteiger partial charge in [0.05, 0.1) is 25.5 Å². The van der Waals surface area contributed by atoms with E-state index in [2.05, 4.69) is 10.0 Å². The number of hydrogen-bond donors (Lipinski definition) is 2. The molecule has 0 aromatic heterocycles. The lowest BCUT2D eigenvalue weighted by Gasteiger charge is -2.18. The fourth-order valence-electron chi connectivity index (χ4n) is 2.70. The Morgan fingerprint density at radius 1 is 1.31 bits per heavy atom. The molecule has 0 bridgehead atoms. The van der Waals surface area contributed by atoms with Crippen LogP contribution in [0.3, 0.4) is 0 Å². The Hall–Kier alpha value is -2.29. The number of benzene rings is 1. The molecule has 26 heavy (non-hydrogen) atoms. The number of sulfonamides is 1. The lowest BCUT2D eigenvalue weighted by molar-refractivity contribution is -0.138. The Morgan fingerprint density at radius 2 is 2.00 bits per heavy atom. The highest BCUT2D eigenvalue weighted by molar-refractivity contribution is 7.92. The van der Waals surface area contributed by atoms with Crippen LogP contribution in [0.5, 0.6) is 5.75 Å². The molecule has 0 spiro atoms. The fraction of sp³-hybridized carbons (Fsp3) is 0.529. The van der Waals surface area contributed by atoms with Crippen LogP contribution in [0.2, 0.25) is 0 Å². The summed E-state index contributed by atoms with van der Waals surface area (Å²) in [5.74, 6) is 0.294. The van der Waals surface area contributed by atoms with Gasteiger partial charge in [0.25, 0.3) is 5.91 Å². The van der Waals surface area contributed by atoms with E-state index in [0.717, 1.165) is 12.7 Å². The Labute approximate surface area is 153 Å². The fourth-order valence-corrected chi connectivity index (χ4v) is 3.26. The number of carbonyl (C=O) groups excluding carboxylic acids is 2. The predicted octanol–water partition coefficient (Wildman–Crippen LogP) is 1.65. The molecule has 1 saturated heterocycles. The molecule has 1 aliphatic rings.